The van der Waals surface area contributed by atoms with Crippen molar-refractivity contribution in [3.63, 3.8) is 0 Å². The van der Waals surface area contributed by atoms with E-state index in [2.05, 4.69) is 32.9 Å². The maximum Gasteiger partial charge on any atom is 0.0456 e. The SMILES string of the molecule is CC(CO)CCC1CC=CC1(C)C. The minimum atomic E-state index is 0.334. The maximum absolute atomic E-state index is 8.92. The van der Waals surface area contributed by atoms with Gasteiger partial charge in [0.2, 0.25) is 0 Å². The van der Waals surface area contributed by atoms with Crippen molar-refractivity contribution in [2.45, 2.75) is 40.0 Å². The molecular formula is C12H22O. The summed E-state index contributed by atoms with van der Waals surface area (Å²) in [6.07, 6.45) is 8.27. The zero-order chi connectivity index (χ0) is 9.90. The Morgan fingerprint density at radius 3 is 2.69 bits per heavy atom. The van der Waals surface area contributed by atoms with Gasteiger partial charge < -0.3 is 5.11 Å². The van der Waals surface area contributed by atoms with Crippen molar-refractivity contribution in [2.75, 3.05) is 6.61 Å². The summed E-state index contributed by atoms with van der Waals surface area (Å²) in [6.45, 7) is 7.07. The highest BCUT2D eigenvalue weighted by Crippen LogP contribution is 2.40. The molecular weight excluding hydrogens is 160 g/mol. The van der Waals surface area contributed by atoms with E-state index in [1.165, 1.54) is 12.8 Å². The van der Waals surface area contributed by atoms with Gasteiger partial charge >= 0.3 is 0 Å². The maximum atomic E-state index is 8.92. The third-order valence-electron chi connectivity index (χ3n) is 3.34. The molecule has 0 saturated carbocycles. The average Bonchev–Trinajstić information content (AvgIpc) is 2.41. The van der Waals surface area contributed by atoms with Crippen LogP contribution in [-0.4, -0.2) is 11.7 Å². The first-order chi connectivity index (χ1) is 6.06. The number of aliphatic hydroxyl groups excluding tert-OH is 1. The second kappa shape index (κ2) is 4.28. The Hall–Kier alpha value is -0.300. The predicted molar refractivity (Wildman–Crippen MR) is 56.5 cm³/mol. The van der Waals surface area contributed by atoms with Crippen LogP contribution in [0.4, 0.5) is 0 Å². The summed E-state index contributed by atoms with van der Waals surface area (Å²) in [6, 6.07) is 0. The zero-order valence-electron chi connectivity index (χ0n) is 9.09. The van der Waals surface area contributed by atoms with E-state index in [0.29, 0.717) is 17.9 Å². The van der Waals surface area contributed by atoms with Crippen LogP contribution >= 0.6 is 0 Å². The third-order valence-corrected chi connectivity index (χ3v) is 3.34. The molecule has 0 aromatic carbocycles. The molecule has 0 bridgehead atoms. The van der Waals surface area contributed by atoms with Crippen LogP contribution < -0.4 is 0 Å². The molecule has 76 valence electrons. The number of allylic oxidation sites excluding steroid dienone is 2. The Labute approximate surface area is 81.9 Å². The first-order valence-electron chi connectivity index (χ1n) is 5.35. The smallest absolute Gasteiger partial charge is 0.0456 e. The fraction of sp³-hybridized carbons (Fsp3) is 0.833. The quantitative estimate of drug-likeness (QED) is 0.663. The van der Waals surface area contributed by atoms with E-state index < -0.39 is 0 Å². The van der Waals surface area contributed by atoms with Crippen LogP contribution in [0.2, 0.25) is 0 Å². The van der Waals surface area contributed by atoms with Gasteiger partial charge in [0.05, 0.1) is 0 Å². The van der Waals surface area contributed by atoms with Crippen LogP contribution in [0, 0.1) is 17.3 Å². The third kappa shape index (κ3) is 2.84. The molecule has 2 atom stereocenters. The van der Waals surface area contributed by atoms with Crippen molar-refractivity contribution < 1.29 is 5.11 Å². The molecule has 0 spiro atoms. The topological polar surface area (TPSA) is 20.2 Å². The molecule has 0 radical (unpaired) electrons. The molecule has 1 nitrogen and oxygen atoms in total. The molecule has 13 heavy (non-hydrogen) atoms. The molecule has 1 aliphatic carbocycles. The van der Waals surface area contributed by atoms with E-state index in [9.17, 15) is 0 Å². The largest absolute Gasteiger partial charge is 0.396 e. The Bertz CT molecular complexity index is 182. The predicted octanol–water partition coefficient (Wildman–Crippen LogP) is 3.00. The number of hydrogen-bond acceptors (Lipinski definition) is 1. The van der Waals surface area contributed by atoms with Crippen molar-refractivity contribution in [1.82, 2.24) is 0 Å². The Kier molecular flexibility index (Phi) is 3.55. The minimum Gasteiger partial charge on any atom is -0.396 e. The molecule has 0 amide bonds. The van der Waals surface area contributed by atoms with Gasteiger partial charge in [-0.05, 0) is 36.5 Å². The summed E-state index contributed by atoms with van der Waals surface area (Å²) in [7, 11) is 0. The lowest BCUT2D eigenvalue weighted by atomic mass is 9.78. The Balaban J connectivity index is 2.31. The highest BCUT2D eigenvalue weighted by atomic mass is 16.3. The molecule has 1 aliphatic rings. The van der Waals surface area contributed by atoms with Crippen LogP contribution in [0.25, 0.3) is 0 Å². The van der Waals surface area contributed by atoms with Gasteiger partial charge in [0.25, 0.3) is 0 Å². The van der Waals surface area contributed by atoms with Gasteiger partial charge in [0.15, 0.2) is 0 Å². The van der Waals surface area contributed by atoms with Crippen LogP contribution in [0.15, 0.2) is 12.2 Å². The van der Waals surface area contributed by atoms with Crippen molar-refractivity contribution in [2.24, 2.45) is 17.3 Å². The summed E-state index contributed by atoms with van der Waals surface area (Å²) >= 11 is 0. The lowest BCUT2D eigenvalue weighted by Crippen LogP contribution is -2.18. The molecule has 0 heterocycles. The molecule has 0 aliphatic heterocycles. The van der Waals surface area contributed by atoms with Gasteiger partial charge in [-0.3, -0.25) is 0 Å². The summed E-state index contributed by atoms with van der Waals surface area (Å²) in [4.78, 5) is 0. The summed E-state index contributed by atoms with van der Waals surface area (Å²) < 4.78 is 0. The van der Waals surface area contributed by atoms with E-state index in [-0.39, 0.29) is 0 Å². The summed E-state index contributed by atoms with van der Waals surface area (Å²) in [5.41, 5.74) is 0.384. The normalized spacial score (nSPS) is 27.8. The van der Waals surface area contributed by atoms with Crippen molar-refractivity contribution in [3.05, 3.63) is 12.2 Å². The lowest BCUT2D eigenvalue weighted by molar-refractivity contribution is 0.205. The average molecular weight is 182 g/mol. The molecule has 1 rings (SSSR count). The zero-order valence-corrected chi connectivity index (χ0v) is 9.09. The molecule has 0 saturated heterocycles. The van der Waals surface area contributed by atoms with Gasteiger partial charge in [0, 0.05) is 6.61 Å². The molecule has 0 aromatic heterocycles. The highest BCUT2D eigenvalue weighted by molar-refractivity contribution is 5.06. The second-order valence-corrected chi connectivity index (χ2v) is 5.02. The molecule has 2 unspecified atom stereocenters. The molecule has 0 aromatic rings. The van der Waals surface area contributed by atoms with Crippen molar-refractivity contribution in [3.8, 4) is 0 Å². The van der Waals surface area contributed by atoms with E-state index in [0.717, 1.165) is 12.3 Å². The highest BCUT2D eigenvalue weighted by Gasteiger charge is 2.29. The van der Waals surface area contributed by atoms with E-state index in [1.54, 1.807) is 0 Å². The van der Waals surface area contributed by atoms with Gasteiger partial charge in [-0.1, -0.05) is 32.9 Å². The Morgan fingerprint density at radius 2 is 2.23 bits per heavy atom. The standard InChI is InChI=1S/C12H22O/c1-10(9-13)6-7-11-5-4-8-12(11,2)3/h4,8,10-11,13H,5-7,9H2,1-3H3. The van der Waals surface area contributed by atoms with Crippen molar-refractivity contribution >= 4 is 0 Å². The number of hydrogen-bond donors (Lipinski definition) is 1. The van der Waals surface area contributed by atoms with Crippen LogP contribution in [0.3, 0.4) is 0 Å². The molecule has 1 N–H and O–H groups in total. The first-order valence-corrected chi connectivity index (χ1v) is 5.35. The van der Waals surface area contributed by atoms with Gasteiger partial charge in [-0.2, -0.15) is 0 Å². The summed E-state index contributed by atoms with van der Waals surface area (Å²) in [5, 5.41) is 8.92. The van der Waals surface area contributed by atoms with Gasteiger partial charge in [0.1, 0.15) is 0 Å². The van der Waals surface area contributed by atoms with E-state index >= 15 is 0 Å². The van der Waals surface area contributed by atoms with E-state index in [4.69, 9.17) is 5.11 Å². The molecule has 1 heteroatoms. The summed E-state index contributed by atoms with van der Waals surface area (Å²) in [5.74, 6) is 1.26. The molecule has 0 fully saturated rings. The number of rotatable bonds is 4. The van der Waals surface area contributed by atoms with Crippen LogP contribution in [0.1, 0.15) is 40.0 Å². The fourth-order valence-corrected chi connectivity index (χ4v) is 2.04. The number of aliphatic hydroxyl groups is 1. The monoisotopic (exact) mass is 182 g/mol. The minimum absolute atomic E-state index is 0.334. The van der Waals surface area contributed by atoms with E-state index in [1.807, 2.05) is 0 Å². The van der Waals surface area contributed by atoms with Crippen LogP contribution in [-0.2, 0) is 0 Å². The second-order valence-electron chi connectivity index (χ2n) is 5.02. The Morgan fingerprint density at radius 1 is 1.54 bits per heavy atom. The fourth-order valence-electron chi connectivity index (χ4n) is 2.04. The van der Waals surface area contributed by atoms with Crippen LogP contribution in [0.5, 0.6) is 0 Å². The van der Waals surface area contributed by atoms with Crippen molar-refractivity contribution in [1.29, 1.82) is 0 Å². The lowest BCUT2D eigenvalue weighted by Gasteiger charge is -2.27. The first kappa shape index (κ1) is 10.8. The van der Waals surface area contributed by atoms with Gasteiger partial charge in [-0.25, -0.2) is 0 Å². The van der Waals surface area contributed by atoms with Gasteiger partial charge in [-0.15, -0.1) is 0 Å².